The first-order valence-corrected chi connectivity index (χ1v) is 8.84. The van der Waals surface area contributed by atoms with Gasteiger partial charge in [-0.3, -0.25) is 4.98 Å². The Hall–Kier alpha value is -1.98. The number of ether oxygens (including phenoxy) is 1. The van der Waals surface area contributed by atoms with E-state index >= 15 is 0 Å². The van der Waals surface area contributed by atoms with E-state index in [2.05, 4.69) is 38.4 Å². The standard InChI is InChI=1S/C19H24N4O/c1-2-10-21-18(5-1)23-11-6-16(7-12-23)22-17-8-13-24-19(17)15-4-3-9-20-14-15/h1-5,9-10,14,16-17,19,22H,6-8,11-13H2/t17-,19+/m0/s1. The van der Waals surface area contributed by atoms with Crippen molar-refractivity contribution >= 4 is 5.82 Å². The molecule has 0 radical (unpaired) electrons. The lowest BCUT2D eigenvalue weighted by Crippen LogP contribution is -2.47. The molecule has 2 saturated heterocycles. The second-order valence-corrected chi connectivity index (χ2v) is 6.59. The predicted octanol–water partition coefficient (Wildman–Crippen LogP) is 2.57. The molecule has 0 aromatic carbocycles. The smallest absolute Gasteiger partial charge is 0.128 e. The normalized spacial score (nSPS) is 25.1. The highest BCUT2D eigenvalue weighted by atomic mass is 16.5. The van der Waals surface area contributed by atoms with Gasteiger partial charge in [0, 0.05) is 55.9 Å². The molecule has 0 saturated carbocycles. The SMILES string of the molecule is c1ccc(N2CCC(N[C@H]3CCO[C@@H]3c3cccnc3)CC2)nc1. The summed E-state index contributed by atoms with van der Waals surface area (Å²) in [6.07, 6.45) is 9.10. The molecule has 2 aliphatic rings. The van der Waals surface area contributed by atoms with Gasteiger partial charge in [-0.05, 0) is 37.5 Å². The van der Waals surface area contributed by atoms with Crippen molar-refractivity contribution in [1.82, 2.24) is 15.3 Å². The molecule has 2 aromatic heterocycles. The number of nitrogens with zero attached hydrogens (tertiary/aromatic N) is 3. The summed E-state index contributed by atoms with van der Waals surface area (Å²) in [6, 6.07) is 11.2. The first-order valence-electron chi connectivity index (χ1n) is 8.84. The van der Waals surface area contributed by atoms with Gasteiger partial charge in [-0.1, -0.05) is 12.1 Å². The number of piperidine rings is 1. The van der Waals surface area contributed by atoms with Crippen LogP contribution in [0.1, 0.15) is 30.9 Å². The highest BCUT2D eigenvalue weighted by Crippen LogP contribution is 2.30. The fourth-order valence-corrected chi connectivity index (χ4v) is 3.75. The molecule has 2 atom stereocenters. The molecule has 4 heterocycles. The molecule has 2 aliphatic heterocycles. The Morgan fingerprint density at radius 3 is 2.71 bits per heavy atom. The average molecular weight is 324 g/mol. The fraction of sp³-hybridized carbons (Fsp3) is 0.474. The average Bonchev–Trinajstić information content (AvgIpc) is 3.12. The van der Waals surface area contributed by atoms with Crippen molar-refractivity contribution in [2.75, 3.05) is 24.6 Å². The van der Waals surface area contributed by atoms with Crippen LogP contribution >= 0.6 is 0 Å². The van der Waals surface area contributed by atoms with Gasteiger partial charge in [0.2, 0.25) is 0 Å². The lowest BCUT2D eigenvalue weighted by molar-refractivity contribution is 0.0951. The Kier molecular flexibility index (Phi) is 4.71. The van der Waals surface area contributed by atoms with Crippen LogP contribution in [0.2, 0.25) is 0 Å². The molecule has 0 aliphatic carbocycles. The Balaban J connectivity index is 1.33. The molecular weight excluding hydrogens is 300 g/mol. The van der Waals surface area contributed by atoms with Crippen molar-refractivity contribution in [3.8, 4) is 0 Å². The van der Waals surface area contributed by atoms with Gasteiger partial charge in [0.15, 0.2) is 0 Å². The molecule has 4 rings (SSSR count). The molecule has 0 spiro atoms. The zero-order valence-corrected chi connectivity index (χ0v) is 13.8. The maximum absolute atomic E-state index is 5.96. The van der Waals surface area contributed by atoms with Crippen molar-refractivity contribution in [2.45, 2.75) is 37.5 Å². The van der Waals surface area contributed by atoms with Gasteiger partial charge < -0.3 is 15.0 Å². The van der Waals surface area contributed by atoms with Crippen LogP contribution in [0.15, 0.2) is 48.9 Å². The summed E-state index contributed by atoms with van der Waals surface area (Å²) in [6.45, 7) is 2.93. The van der Waals surface area contributed by atoms with Gasteiger partial charge in [-0.15, -0.1) is 0 Å². The van der Waals surface area contributed by atoms with Gasteiger partial charge in [0.05, 0.1) is 6.10 Å². The van der Waals surface area contributed by atoms with E-state index in [-0.39, 0.29) is 6.10 Å². The molecule has 1 N–H and O–H groups in total. The minimum Gasteiger partial charge on any atom is -0.372 e. The summed E-state index contributed by atoms with van der Waals surface area (Å²) in [4.78, 5) is 11.1. The van der Waals surface area contributed by atoms with Gasteiger partial charge in [-0.2, -0.15) is 0 Å². The lowest BCUT2D eigenvalue weighted by Gasteiger charge is -2.35. The summed E-state index contributed by atoms with van der Waals surface area (Å²) in [7, 11) is 0. The van der Waals surface area contributed by atoms with Crippen LogP contribution < -0.4 is 10.2 Å². The maximum Gasteiger partial charge on any atom is 0.128 e. The van der Waals surface area contributed by atoms with Crippen molar-refractivity contribution in [3.63, 3.8) is 0 Å². The Labute approximate surface area is 143 Å². The molecule has 5 heteroatoms. The van der Waals surface area contributed by atoms with E-state index < -0.39 is 0 Å². The number of nitrogens with one attached hydrogen (secondary N) is 1. The molecule has 2 aromatic rings. The summed E-state index contributed by atoms with van der Waals surface area (Å²) in [5.74, 6) is 1.09. The van der Waals surface area contributed by atoms with E-state index in [1.165, 1.54) is 5.56 Å². The number of hydrogen-bond acceptors (Lipinski definition) is 5. The van der Waals surface area contributed by atoms with E-state index in [1.807, 2.05) is 30.7 Å². The maximum atomic E-state index is 5.96. The Bertz CT molecular complexity index is 628. The van der Waals surface area contributed by atoms with Crippen LogP contribution in [-0.4, -0.2) is 41.7 Å². The van der Waals surface area contributed by atoms with Gasteiger partial charge in [-0.25, -0.2) is 4.98 Å². The molecule has 0 bridgehead atoms. The number of aromatic nitrogens is 2. The van der Waals surface area contributed by atoms with Crippen LogP contribution in [0.25, 0.3) is 0 Å². The third-order valence-electron chi connectivity index (χ3n) is 5.02. The van der Waals surface area contributed by atoms with Crippen molar-refractivity contribution in [1.29, 1.82) is 0 Å². The quantitative estimate of drug-likeness (QED) is 0.937. The van der Waals surface area contributed by atoms with E-state index in [0.29, 0.717) is 12.1 Å². The Morgan fingerprint density at radius 1 is 1.04 bits per heavy atom. The zero-order valence-electron chi connectivity index (χ0n) is 13.8. The third kappa shape index (κ3) is 3.42. The van der Waals surface area contributed by atoms with Crippen molar-refractivity contribution < 1.29 is 4.74 Å². The second-order valence-electron chi connectivity index (χ2n) is 6.59. The first kappa shape index (κ1) is 15.5. The van der Waals surface area contributed by atoms with Crippen LogP contribution in [0.3, 0.4) is 0 Å². The van der Waals surface area contributed by atoms with Gasteiger partial charge in [0.1, 0.15) is 5.82 Å². The molecule has 2 fully saturated rings. The van der Waals surface area contributed by atoms with Crippen LogP contribution in [-0.2, 0) is 4.74 Å². The summed E-state index contributed by atoms with van der Waals surface area (Å²) < 4.78 is 5.96. The molecule has 24 heavy (non-hydrogen) atoms. The third-order valence-corrected chi connectivity index (χ3v) is 5.02. The second kappa shape index (κ2) is 7.28. The van der Waals surface area contributed by atoms with Gasteiger partial charge in [0.25, 0.3) is 0 Å². The predicted molar refractivity (Wildman–Crippen MR) is 93.9 cm³/mol. The van der Waals surface area contributed by atoms with E-state index in [0.717, 1.165) is 44.8 Å². The molecular formula is C19H24N4O. The minimum absolute atomic E-state index is 0.132. The zero-order chi connectivity index (χ0) is 16.2. The van der Waals surface area contributed by atoms with Crippen LogP contribution in [0, 0.1) is 0 Å². The van der Waals surface area contributed by atoms with Gasteiger partial charge >= 0.3 is 0 Å². The largest absolute Gasteiger partial charge is 0.372 e. The molecule has 126 valence electrons. The van der Waals surface area contributed by atoms with Crippen molar-refractivity contribution in [2.24, 2.45) is 0 Å². The number of pyridine rings is 2. The number of anilines is 1. The summed E-state index contributed by atoms with van der Waals surface area (Å²) >= 11 is 0. The summed E-state index contributed by atoms with van der Waals surface area (Å²) in [5.41, 5.74) is 1.18. The van der Waals surface area contributed by atoms with E-state index in [9.17, 15) is 0 Å². The lowest BCUT2D eigenvalue weighted by atomic mass is 9.99. The Morgan fingerprint density at radius 2 is 1.96 bits per heavy atom. The van der Waals surface area contributed by atoms with Crippen LogP contribution in [0.5, 0.6) is 0 Å². The monoisotopic (exact) mass is 324 g/mol. The fourth-order valence-electron chi connectivity index (χ4n) is 3.75. The first-order chi connectivity index (χ1) is 11.9. The summed E-state index contributed by atoms with van der Waals surface area (Å²) in [5, 5.41) is 3.84. The molecule has 5 nitrogen and oxygen atoms in total. The van der Waals surface area contributed by atoms with Crippen molar-refractivity contribution in [3.05, 3.63) is 54.5 Å². The number of hydrogen-bond donors (Lipinski definition) is 1. The van der Waals surface area contributed by atoms with Crippen LogP contribution in [0.4, 0.5) is 5.82 Å². The topological polar surface area (TPSA) is 50.3 Å². The highest BCUT2D eigenvalue weighted by molar-refractivity contribution is 5.38. The molecule has 0 unspecified atom stereocenters. The highest BCUT2D eigenvalue weighted by Gasteiger charge is 2.32. The minimum atomic E-state index is 0.132. The van der Waals surface area contributed by atoms with E-state index in [4.69, 9.17) is 4.74 Å². The van der Waals surface area contributed by atoms with E-state index in [1.54, 1.807) is 0 Å². The number of rotatable bonds is 4. The molecule has 0 amide bonds.